The number of carbonyl (C=O) groups excluding carboxylic acids is 1. The second-order valence-electron chi connectivity index (χ2n) is 12.3. The summed E-state index contributed by atoms with van der Waals surface area (Å²) in [6, 6.07) is 3.37. The van der Waals surface area contributed by atoms with Crippen LogP contribution in [0.5, 0.6) is 11.5 Å². The van der Waals surface area contributed by atoms with Crippen LogP contribution in [0.15, 0.2) is 23.5 Å². The summed E-state index contributed by atoms with van der Waals surface area (Å²) < 4.78 is 11.7. The number of aromatic hydroxyl groups is 1. The molecule has 0 aromatic heterocycles. The first kappa shape index (κ1) is 24.7. The predicted octanol–water partition coefficient (Wildman–Crippen LogP) is 1.97. The third-order valence-electron chi connectivity index (χ3n) is 10.3. The van der Waals surface area contributed by atoms with Gasteiger partial charge in [0.25, 0.3) is 5.91 Å². The van der Waals surface area contributed by atoms with Crippen LogP contribution < -0.4 is 4.74 Å². The van der Waals surface area contributed by atoms with Crippen molar-refractivity contribution in [2.24, 2.45) is 11.8 Å². The Bertz CT molecular complexity index is 1190. The number of aliphatic hydroxyl groups is 3. The van der Waals surface area contributed by atoms with Crippen molar-refractivity contribution in [3.63, 3.8) is 0 Å². The summed E-state index contributed by atoms with van der Waals surface area (Å²) in [5.74, 6) is 0.561. The van der Waals surface area contributed by atoms with Crippen LogP contribution in [0.3, 0.4) is 0 Å². The van der Waals surface area contributed by atoms with Gasteiger partial charge in [0.1, 0.15) is 5.76 Å². The summed E-state index contributed by atoms with van der Waals surface area (Å²) in [4.78, 5) is 18.0. The molecule has 2 saturated heterocycles. The molecule has 3 aliphatic heterocycles. The number of piperidine rings is 2. The van der Waals surface area contributed by atoms with Gasteiger partial charge in [0.2, 0.25) is 0 Å². The second-order valence-corrected chi connectivity index (χ2v) is 12.3. The highest BCUT2D eigenvalue weighted by atomic mass is 16.6. The Morgan fingerprint density at radius 1 is 1.18 bits per heavy atom. The van der Waals surface area contributed by atoms with Gasteiger partial charge in [0.05, 0.1) is 16.6 Å². The molecule has 6 aliphatic rings. The molecule has 1 unspecified atom stereocenters. The van der Waals surface area contributed by atoms with Gasteiger partial charge < -0.3 is 34.8 Å². The SMILES string of the molecule is CCOC(O)C1CCN(C(=O)C2=C(O)[C@@H]3Oc4c(O)ccc5c4[C@@]34CCN(CC3CC3)[C@H](C5)[C@]4(O)C2)CC1. The Kier molecular flexibility index (Phi) is 5.58. The number of hydrogen-bond donors (Lipinski definition) is 4. The van der Waals surface area contributed by atoms with Gasteiger partial charge in [0, 0.05) is 50.2 Å². The molecule has 4 N–H and O–H groups in total. The molecule has 1 amide bonds. The lowest BCUT2D eigenvalue weighted by atomic mass is 9.49. The molecule has 1 aromatic rings. The largest absolute Gasteiger partial charge is 0.508 e. The van der Waals surface area contributed by atoms with E-state index in [1.807, 2.05) is 13.0 Å². The first-order valence-electron chi connectivity index (χ1n) is 14.3. The number of carbonyl (C=O) groups is 1. The molecule has 5 atom stereocenters. The quantitative estimate of drug-likeness (QED) is 0.415. The van der Waals surface area contributed by atoms with E-state index in [4.69, 9.17) is 9.47 Å². The molecule has 0 radical (unpaired) electrons. The highest BCUT2D eigenvalue weighted by Gasteiger charge is 2.73. The van der Waals surface area contributed by atoms with Gasteiger partial charge in [-0.1, -0.05) is 6.07 Å². The highest BCUT2D eigenvalue weighted by molar-refractivity contribution is 5.95. The molecule has 3 heterocycles. The maximum absolute atomic E-state index is 13.9. The van der Waals surface area contributed by atoms with Gasteiger partial charge in [-0.05, 0) is 69.5 Å². The first-order valence-corrected chi connectivity index (χ1v) is 14.3. The van der Waals surface area contributed by atoms with Crippen molar-refractivity contribution in [3.8, 4) is 11.5 Å². The van der Waals surface area contributed by atoms with E-state index in [0.29, 0.717) is 57.0 Å². The molecule has 7 rings (SSSR count). The minimum absolute atomic E-state index is 0.00402. The normalized spacial score (nSPS) is 35.2. The van der Waals surface area contributed by atoms with E-state index in [2.05, 4.69) is 4.90 Å². The van der Waals surface area contributed by atoms with Crippen LogP contribution in [-0.2, 0) is 21.4 Å². The van der Waals surface area contributed by atoms with Crippen LogP contribution in [0.1, 0.15) is 56.6 Å². The van der Waals surface area contributed by atoms with E-state index in [1.54, 1.807) is 11.0 Å². The van der Waals surface area contributed by atoms with Gasteiger partial charge >= 0.3 is 0 Å². The number of nitrogens with zero attached hydrogens (tertiary/aromatic N) is 2. The van der Waals surface area contributed by atoms with Crippen LogP contribution in [0.2, 0.25) is 0 Å². The Labute approximate surface area is 222 Å². The van der Waals surface area contributed by atoms with Crippen LogP contribution >= 0.6 is 0 Å². The number of hydrogen-bond acceptors (Lipinski definition) is 8. The van der Waals surface area contributed by atoms with E-state index < -0.39 is 23.4 Å². The van der Waals surface area contributed by atoms with E-state index >= 15 is 0 Å². The van der Waals surface area contributed by atoms with E-state index in [-0.39, 0.29) is 41.4 Å². The Balaban J connectivity index is 1.25. The van der Waals surface area contributed by atoms with E-state index in [9.17, 15) is 25.2 Å². The van der Waals surface area contributed by atoms with Crippen molar-refractivity contribution in [2.45, 2.75) is 81.3 Å². The monoisotopic (exact) mass is 526 g/mol. The fourth-order valence-electron chi connectivity index (χ4n) is 8.24. The predicted molar refractivity (Wildman–Crippen MR) is 137 cm³/mol. The summed E-state index contributed by atoms with van der Waals surface area (Å²) in [5, 5.41) is 45.3. The number of amides is 1. The van der Waals surface area contributed by atoms with Crippen molar-refractivity contribution in [1.29, 1.82) is 0 Å². The third-order valence-corrected chi connectivity index (χ3v) is 10.3. The lowest BCUT2D eigenvalue weighted by Gasteiger charge is -2.62. The zero-order chi connectivity index (χ0) is 26.4. The van der Waals surface area contributed by atoms with Gasteiger partial charge in [-0.3, -0.25) is 9.69 Å². The topological polar surface area (TPSA) is 123 Å². The molecular formula is C29H38N2O7. The fourth-order valence-corrected chi connectivity index (χ4v) is 8.24. The maximum Gasteiger partial charge on any atom is 0.253 e. The fraction of sp³-hybridized carbons (Fsp3) is 0.690. The Hall–Kier alpha value is -2.33. The Morgan fingerprint density at radius 2 is 1.95 bits per heavy atom. The van der Waals surface area contributed by atoms with Crippen LogP contribution in [-0.4, -0.2) is 93.0 Å². The molecule has 3 aliphatic carbocycles. The van der Waals surface area contributed by atoms with Crippen molar-refractivity contribution < 1.29 is 34.7 Å². The second kappa shape index (κ2) is 8.58. The van der Waals surface area contributed by atoms with E-state index in [0.717, 1.165) is 24.2 Å². The number of phenolic OH excluding ortho intramolecular Hbond substituents is 1. The molecule has 206 valence electrons. The van der Waals surface area contributed by atoms with Crippen molar-refractivity contribution in [1.82, 2.24) is 9.80 Å². The number of ether oxygens (including phenoxy) is 2. The number of likely N-dealkylation sites (tertiary alicyclic amines) is 2. The van der Waals surface area contributed by atoms with Gasteiger partial charge in [-0.2, -0.15) is 0 Å². The van der Waals surface area contributed by atoms with Gasteiger partial charge in [-0.15, -0.1) is 0 Å². The molecule has 9 nitrogen and oxygen atoms in total. The highest BCUT2D eigenvalue weighted by Crippen LogP contribution is 2.66. The van der Waals surface area contributed by atoms with Crippen molar-refractivity contribution in [2.75, 3.05) is 32.8 Å². The van der Waals surface area contributed by atoms with E-state index in [1.165, 1.54) is 12.8 Å². The number of benzene rings is 1. The summed E-state index contributed by atoms with van der Waals surface area (Å²) in [7, 11) is 0. The standard InChI is InChI=1S/C29H38N2O7/c1-2-37-27(35)17-7-10-30(11-8-17)26(34)19-14-29(36)21-13-18-5-6-20(32)24-22(18)28(29,25(38-24)23(19)33)9-12-31(21)15-16-3-4-16/h5-6,16-17,21,25,27,32-33,35-36H,2-4,7-15H2,1H3/t21-,25+,27?,28+,29-/m1/s1. The molecule has 3 fully saturated rings. The first-order chi connectivity index (χ1) is 18.3. The molecule has 2 bridgehead atoms. The molecular weight excluding hydrogens is 488 g/mol. The molecule has 1 aromatic carbocycles. The van der Waals surface area contributed by atoms with Gasteiger partial charge in [0.15, 0.2) is 23.9 Å². The van der Waals surface area contributed by atoms with Crippen molar-refractivity contribution in [3.05, 3.63) is 34.6 Å². The minimum atomic E-state index is -1.31. The molecule has 9 heteroatoms. The maximum atomic E-state index is 13.9. The number of rotatable bonds is 6. The lowest BCUT2D eigenvalue weighted by molar-refractivity contribution is -0.174. The smallest absolute Gasteiger partial charge is 0.253 e. The molecule has 1 saturated carbocycles. The number of phenols is 1. The average molecular weight is 527 g/mol. The lowest BCUT2D eigenvalue weighted by Crippen LogP contribution is -2.75. The van der Waals surface area contributed by atoms with Gasteiger partial charge in [-0.25, -0.2) is 0 Å². The molecule has 38 heavy (non-hydrogen) atoms. The summed E-state index contributed by atoms with van der Waals surface area (Å²) in [6.07, 6.45) is 3.15. The van der Waals surface area contributed by atoms with Crippen LogP contribution in [0.25, 0.3) is 0 Å². The summed E-state index contributed by atoms with van der Waals surface area (Å²) in [5.41, 5.74) is -0.130. The van der Waals surface area contributed by atoms with Crippen LogP contribution in [0, 0.1) is 11.8 Å². The third kappa shape index (κ3) is 3.28. The summed E-state index contributed by atoms with van der Waals surface area (Å²) >= 11 is 0. The average Bonchev–Trinajstić information content (AvgIpc) is 3.65. The zero-order valence-electron chi connectivity index (χ0n) is 21.9. The number of aliphatic hydroxyl groups excluding tert-OH is 2. The Morgan fingerprint density at radius 3 is 2.66 bits per heavy atom. The van der Waals surface area contributed by atoms with Crippen LogP contribution in [0.4, 0.5) is 0 Å². The summed E-state index contributed by atoms with van der Waals surface area (Å²) in [6.45, 7) is 4.88. The zero-order valence-corrected chi connectivity index (χ0v) is 21.9. The minimum Gasteiger partial charge on any atom is -0.508 e. The molecule has 1 spiro atoms. The van der Waals surface area contributed by atoms with Crippen molar-refractivity contribution >= 4 is 5.91 Å².